The van der Waals surface area contributed by atoms with Crippen molar-refractivity contribution in [2.24, 2.45) is 0 Å². The van der Waals surface area contributed by atoms with Crippen LogP contribution in [0.1, 0.15) is 22.8 Å². The van der Waals surface area contributed by atoms with Crippen LogP contribution in [0.3, 0.4) is 0 Å². The Labute approximate surface area is 153 Å². The molecular formula is C18H17BrN2O4. The summed E-state index contributed by atoms with van der Waals surface area (Å²) in [6.45, 7) is 1.37. The van der Waals surface area contributed by atoms with Gasteiger partial charge in [-0.3, -0.25) is 9.59 Å². The molecule has 0 spiro atoms. The number of benzene rings is 2. The van der Waals surface area contributed by atoms with Crippen molar-refractivity contribution in [3.05, 3.63) is 64.1 Å². The molecule has 6 nitrogen and oxygen atoms in total. The fraction of sp³-hybridized carbons (Fsp3) is 0.167. The van der Waals surface area contributed by atoms with Crippen LogP contribution >= 0.6 is 15.9 Å². The number of carboxylic acids is 1. The summed E-state index contributed by atoms with van der Waals surface area (Å²) in [5, 5.41) is 14.5. The van der Waals surface area contributed by atoms with E-state index in [1.807, 2.05) is 6.07 Å². The summed E-state index contributed by atoms with van der Waals surface area (Å²) in [6.07, 6.45) is 0.159. The maximum absolute atomic E-state index is 12.4. The first kappa shape index (κ1) is 18.7. The number of carboxylic acid groups (broad SMARTS) is 1. The van der Waals surface area contributed by atoms with Gasteiger partial charge in [-0.05, 0) is 35.9 Å². The zero-order valence-electron chi connectivity index (χ0n) is 13.5. The van der Waals surface area contributed by atoms with Gasteiger partial charge >= 0.3 is 5.97 Å². The Kier molecular flexibility index (Phi) is 6.30. The molecule has 0 aliphatic rings. The predicted molar refractivity (Wildman–Crippen MR) is 97.5 cm³/mol. The quantitative estimate of drug-likeness (QED) is 0.689. The van der Waals surface area contributed by atoms with Crippen molar-refractivity contribution < 1.29 is 19.5 Å². The largest absolute Gasteiger partial charge is 0.480 e. The third-order valence-corrected chi connectivity index (χ3v) is 3.87. The molecule has 7 heteroatoms. The van der Waals surface area contributed by atoms with Gasteiger partial charge in [-0.1, -0.05) is 34.1 Å². The fourth-order valence-corrected chi connectivity index (χ4v) is 2.73. The van der Waals surface area contributed by atoms with Crippen LogP contribution in [-0.2, 0) is 16.0 Å². The molecule has 2 aromatic rings. The Morgan fingerprint density at radius 2 is 1.84 bits per heavy atom. The van der Waals surface area contributed by atoms with E-state index in [-0.39, 0.29) is 17.9 Å². The lowest BCUT2D eigenvalue weighted by atomic mass is 10.1. The molecule has 0 unspecified atom stereocenters. The zero-order chi connectivity index (χ0) is 18.4. The van der Waals surface area contributed by atoms with Gasteiger partial charge in [-0.2, -0.15) is 0 Å². The van der Waals surface area contributed by atoms with E-state index in [4.69, 9.17) is 0 Å². The Morgan fingerprint density at radius 1 is 1.12 bits per heavy atom. The molecule has 0 heterocycles. The number of anilines is 1. The van der Waals surface area contributed by atoms with Crippen molar-refractivity contribution in [3.8, 4) is 0 Å². The van der Waals surface area contributed by atoms with Gasteiger partial charge in [0.2, 0.25) is 5.91 Å². The van der Waals surface area contributed by atoms with Crippen LogP contribution in [0.2, 0.25) is 0 Å². The van der Waals surface area contributed by atoms with E-state index in [0.717, 1.165) is 10.0 Å². The molecular weight excluding hydrogens is 388 g/mol. The number of hydrogen-bond acceptors (Lipinski definition) is 3. The molecule has 0 aliphatic carbocycles. The van der Waals surface area contributed by atoms with Crippen molar-refractivity contribution in [1.29, 1.82) is 0 Å². The zero-order valence-corrected chi connectivity index (χ0v) is 15.0. The monoisotopic (exact) mass is 404 g/mol. The lowest BCUT2D eigenvalue weighted by Crippen LogP contribution is -2.42. The second-order valence-corrected chi connectivity index (χ2v) is 6.38. The standard InChI is InChI=1S/C18H17BrN2O4/c1-11(22)20-15-7-3-5-13(10-15)17(23)21-16(18(24)25)9-12-4-2-6-14(19)8-12/h2-8,10,16H,9H2,1H3,(H,20,22)(H,21,23)(H,24,25)/t16-/m1/s1. The Balaban J connectivity index is 2.12. The van der Waals surface area contributed by atoms with E-state index in [1.165, 1.54) is 13.0 Å². The number of nitrogens with one attached hydrogen (secondary N) is 2. The van der Waals surface area contributed by atoms with Crippen molar-refractivity contribution in [2.75, 3.05) is 5.32 Å². The summed E-state index contributed by atoms with van der Waals surface area (Å²) in [4.78, 5) is 34.9. The van der Waals surface area contributed by atoms with Crippen LogP contribution in [0.5, 0.6) is 0 Å². The number of rotatable bonds is 6. The number of carbonyl (C=O) groups is 3. The first-order valence-electron chi connectivity index (χ1n) is 7.51. The molecule has 2 amide bonds. The van der Waals surface area contributed by atoms with Gasteiger partial charge in [0.1, 0.15) is 6.04 Å². The molecule has 3 N–H and O–H groups in total. The van der Waals surface area contributed by atoms with Crippen LogP contribution in [-0.4, -0.2) is 28.9 Å². The summed E-state index contributed by atoms with van der Waals surface area (Å²) < 4.78 is 0.837. The maximum atomic E-state index is 12.4. The van der Waals surface area contributed by atoms with Crippen LogP contribution < -0.4 is 10.6 Å². The molecule has 130 valence electrons. The molecule has 0 aliphatic heterocycles. The Morgan fingerprint density at radius 3 is 2.48 bits per heavy atom. The normalized spacial score (nSPS) is 11.4. The van der Waals surface area contributed by atoms with E-state index in [2.05, 4.69) is 26.6 Å². The highest BCUT2D eigenvalue weighted by Crippen LogP contribution is 2.14. The molecule has 0 fully saturated rings. The van der Waals surface area contributed by atoms with Crippen LogP contribution in [0.4, 0.5) is 5.69 Å². The number of aliphatic carboxylic acids is 1. The third kappa shape index (κ3) is 5.72. The highest BCUT2D eigenvalue weighted by atomic mass is 79.9. The smallest absolute Gasteiger partial charge is 0.326 e. The van der Waals surface area contributed by atoms with Gasteiger partial charge in [0.05, 0.1) is 0 Å². The number of carbonyl (C=O) groups excluding carboxylic acids is 2. The SMILES string of the molecule is CC(=O)Nc1cccc(C(=O)N[C@H](Cc2cccc(Br)c2)C(=O)O)c1. The van der Waals surface area contributed by atoms with Gasteiger partial charge < -0.3 is 15.7 Å². The van der Waals surface area contributed by atoms with Crippen LogP contribution in [0.25, 0.3) is 0 Å². The number of amides is 2. The van der Waals surface area contributed by atoms with Crippen molar-refractivity contribution in [2.45, 2.75) is 19.4 Å². The van der Waals surface area contributed by atoms with E-state index in [1.54, 1.807) is 36.4 Å². The van der Waals surface area contributed by atoms with Crippen LogP contribution in [0, 0.1) is 0 Å². The van der Waals surface area contributed by atoms with E-state index in [0.29, 0.717) is 5.69 Å². The highest BCUT2D eigenvalue weighted by Gasteiger charge is 2.21. The average molecular weight is 405 g/mol. The molecule has 0 saturated heterocycles. The van der Waals surface area contributed by atoms with Crippen molar-refractivity contribution in [3.63, 3.8) is 0 Å². The second-order valence-electron chi connectivity index (χ2n) is 5.46. The first-order valence-corrected chi connectivity index (χ1v) is 8.30. The molecule has 2 rings (SSSR count). The average Bonchev–Trinajstić information content (AvgIpc) is 2.53. The summed E-state index contributed by atoms with van der Waals surface area (Å²) in [7, 11) is 0. The van der Waals surface area contributed by atoms with Gasteiger partial charge in [0.25, 0.3) is 5.91 Å². The van der Waals surface area contributed by atoms with Crippen LogP contribution in [0.15, 0.2) is 53.0 Å². The number of halogens is 1. The minimum Gasteiger partial charge on any atom is -0.480 e. The minimum atomic E-state index is -1.12. The van der Waals surface area contributed by atoms with Crippen molar-refractivity contribution in [1.82, 2.24) is 5.32 Å². The Hall–Kier alpha value is -2.67. The molecule has 0 radical (unpaired) electrons. The first-order chi connectivity index (χ1) is 11.8. The Bertz CT molecular complexity index is 807. The summed E-state index contributed by atoms with van der Waals surface area (Å²) in [5.74, 6) is -1.89. The van der Waals surface area contributed by atoms with Gasteiger partial charge in [-0.25, -0.2) is 4.79 Å². The molecule has 1 atom stereocenters. The third-order valence-electron chi connectivity index (χ3n) is 3.38. The van der Waals surface area contributed by atoms with E-state index in [9.17, 15) is 19.5 Å². The highest BCUT2D eigenvalue weighted by molar-refractivity contribution is 9.10. The molecule has 0 aromatic heterocycles. The van der Waals surface area contributed by atoms with Gasteiger partial charge in [-0.15, -0.1) is 0 Å². The maximum Gasteiger partial charge on any atom is 0.326 e. The van der Waals surface area contributed by atoms with E-state index >= 15 is 0 Å². The molecule has 0 saturated carbocycles. The summed E-state index contributed by atoms with van der Waals surface area (Å²) in [6, 6.07) is 12.5. The topological polar surface area (TPSA) is 95.5 Å². The van der Waals surface area contributed by atoms with Gasteiger partial charge in [0, 0.05) is 29.1 Å². The molecule has 25 heavy (non-hydrogen) atoms. The second kappa shape index (κ2) is 8.43. The minimum absolute atomic E-state index is 0.159. The van der Waals surface area contributed by atoms with E-state index < -0.39 is 17.9 Å². The lowest BCUT2D eigenvalue weighted by molar-refractivity contribution is -0.139. The number of hydrogen-bond donors (Lipinski definition) is 3. The molecule has 0 bridgehead atoms. The molecule has 2 aromatic carbocycles. The summed E-state index contributed by atoms with van der Waals surface area (Å²) >= 11 is 3.33. The lowest BCUT2D eigenvalue weighted by Gasteiger charge is -2.15. The van der Waals surface area contributed by atoms with Gasteiger partial charge in [0.15, 0.2) is 0 Å². The summed E-state index contributed by atoms with van der Waals surface area (Å²) in [5.41, 5.74) is 1.53. The predicted octanol–water partition coefficient (Wildman–Crippen LogP) is 2.83. The fourth-order valence-electron chi connectivity index (χ4n) is 2.28. The van der Waals surface area contributed by atoms with Crippen molar-refractivity contribution >= 4 is 39.4 Å².